The SMILES string of the molecule is c1ccc(-n2c3ccccc3c3c(-n4c5ccccc5c5c(N(c6ccc7c8ccccc8c8ccccc8c7c6)c6ccc7c8ccccc8c8ccccc8c7c6)cccc54)cccc32)cc1. The fraction of sp³-hybridized carbons (Fsp3) is 0. The molecule has 15 rings (SSSR count). The van der Waals surface area contributed by atoms with Crippen molar-refractivity contribution in [2.24, 2.45) is 0 Å². The van der Waals surface area contributed by atoms with Gasteiger partial charge >= 0.3 is 0 Å². The maximum absolute atomic E-state index is 2.52. The zero-order valence-corrected chi connectivity index (χ0v) is 37.5. The normalized spacial score (nSPS) is 12.1. The summed E-state index contributed by atoms with van der Waals surface area (Å²) in [6.07, 6.45) is 0. The molecule has 0 atom stereocenters. The Labute approximate surface area is 397 Å². The van der Waals surface area contributed by atoms with Crippen LogP contribution >= 0.6 is 0 Å². The molecule has 0 aliphatic rings. The van der Waals surface area contributed by atoms with Crippen LogP contribution in [0.25, 0.3) is 120 Å². The molecule has 69 heavy (non-hydrogen) atoms. The Kier molecular flexibility index (Phi) is 8.07. The molecule has 0 saturated carbocycles. The van der Waals surface area contributed by atoms with Crippen molar-refractivity contribution in [3.63, 3.8) is 0 Å². The highest BCUT2D eigenvalue weighted by molar-refractivity contribution is 6.28. The molecule has 0 unspecified atom stereocenters. The predicted octanol–water partition coefficient (Wildman–Crippen LogP) is 18.3. The quantitative estimate of drug-likeness (QED) is 0.157. The molecule has 13 aromatic carbocycles. The van der Waals surface area contributed by atoms with E-state index >= 15 is 0 Å². The number of anilines is 3. The van der Waals surface area contributed by atoms with E-state index in [9.17, 15) is 0 Å². The van der Waals surface area contributed by atoms with Crippen LogP contribution in [0.5, 0.6) is 0 Å². The van der Waals surface area contributed by atoms with Crippen LogP contribution in [0.15, 0.2) is 249 Å². The van der Waals surface area contributed by atoms with Crippen LogP contribution < -0.4 is 4.90 Å². The number of hydrogen-bond acceptors (Lipinski definition) is 1. The fourth-order valence-electron chi connectivity index (χ4n) is 12.0. The van der Waals surface area contributed by atoms with Gasteiger partial charge in [-0.05, 0) is 137 Å². The third-order valence-corrected chi connectivity index (χ3v) is 14.8. The van der Waals surface area contributed by atoms with Crippen molar-refractivity contribution in [3.8, 4) is 11.4 Å². The third kappa shape index (κ3) is 5.44. The molecule has 0 aliphatic carbocycles. The first-order valence-electron chi connectivity index (χ1n) is 23.9. The number of hydrogen-bond donors (Lipinski definition) is 0. The Morgan fingerprint density at radius 2 is 0.594 bits per heavy atom. The van der Waals surface area contributed by atoms with Gasteiger partial charge in [-0.15, -0.1) is 0 Å². The van der Waals surface area contributed by atoms with Crippen LogP contribution in [0.1, 0.15) is 0 Å². The average molecular weight is 876 g/mol. The van der Waals surface area contributed by atoms with Crippen LogP contribution in [0.3, 0.4) is 0 Å². The van der Waals surface area contributed by atoms with E-state index in [2.05, 4.69) is 263 Å². The van der Waals surface area contributed by atoms with Crippen molar-refractivity contribution in [2.45, 2.75) is 0 Å². The lowest BCUT2D eigenvalue weighted by atomic mass is 9.93. The molecule has 0 N–H and O–H groups in total. The highest BCUT2D eigenvalue weighted by Crippen LogP contribution is 2.48. The van der Waals surface area contributed by atoms with Crippen molar-refractivity contribution in [2.75, 3.05) is 4.90 Å². The molecular weight excluding hydrogens is 835 g/mol. The average Bonchev–Trinajstić information content (AvgIpc) is 3.95. The maximum atomic E-state index is 2.52. The summed E-state index contributed by atoms with van der Waals surface area (Å²) in [7, 11) is 0. The second kappa shape index (κ2) is 14.7. The van der Waals surface area contributed by atoms with Crippen LogP contribution in [0, 0.1) is 0 Å². The molecule has 0 spiro atoms. The molecule has 0 saturated heterocycles. The first-order valence-corrected chi connectivity index (χ1v) is 23.9. The molecule has 0 fully saturated rings. The molecule has 3 heteroatoms. The molecular formula is C66H41N3. The summed E-state index contributed by atoms with van der Waals surface area (Å²) in [4.78, 5) is 2.52. The highest BCUT2D eigenvalue weighted by Gasteiger charge is 2.25. The summed E-state index contributed by atoms with van der Waals surface area (Å²) in [6.45, 7) is 0. The Morgan fingerprint density at radius 1 is 0.232 bits per heavy atom. The molecule has 2 heterocycles. The Balaban J connectivity index is 1.06. The molecule has 2 aromatic heterocycles. The number of para-hydroxylation sites is 3. The largest absolute Gasteiger partial charge is 0.310 e. The summed E-state index contributed by atoms with van der Waals surface area (Å²) >= 11 is 0. The molecule has 320 valence electrons. The fourth-order valence-corrected chi connectivity index (χ4v) is 12.0. The van der Waals surface area contributed by atoms with Gasteiger partial charge in [0, 0.05) is 38.6 Å². The molecule has 3 nitrogen and oxygen atoms in total. The summed E-state index contributed by atoms with van der Waals surface area (Å²) < 4.78 is 4.92. The second-order valence-corrected chi connectivity index (χ2v) is 18.4. The van der Waals surface area contributed by atoms with E-state index < -0.39 is 0 Å². The van der Waals surface area contributed by atoms with Gasteiger partial charge < -0.3 is 14.0 Å². The van der Waals surface area contributed by atoms with Crippen molar-refractivity contribution in [1.82, 2.24) is 9.13 Å². The number of fused-ring (bicyclic) bond motifs is 18. The van der Waals surface area contributed by atoms with E-state index in [1.165, 1.54) is 97.2 Å². The van der Waals surface area contributed by atoms with Gasteiger partial charge in [-0.3, -0.25) is 0 Å². The number of nitrogens with zero attached hydrogens (tertiary/aromatic N) is 3. The molecule has 0 radical (unpaired) electrons. The van der Waals surface area contributed by atoms with E-state index in [0.717, 1.165) is 39.5 Å². The van der Waals surface area contributed by atoms with E-state index in [1.807, 2.05) is 0 Å². The van der Waals surface area contributed by atoms with Crippen molar-refractivity contribution in [1.29, 1.82) is 0 Å². The Hall–Kier alpha value is -9.18. The lowest BCUT2D eigenvalue weighted by Gasteiger charge is -2.28. The van der Waals surface area contributed by atoms with Gasteiger partial charge in [0.25, 0.3) is 0 Å². The van der Waals surface area contributed by atoms with Crippen molar-refractivity contribution < 1.29 is 0 Å². The molecule has 0 aliphatic heterocycles. The van der Waals surface area contributed by atoms with Gasteiger partial charge in [0.2, 0.25) is 0 Å². The summed E-state index contributed by atoms with van der Waals surface area (Å²) in [6, 6.07) is 92.0. The summed E-state index contributed by atoms with van der Waals surface area (Å²) in [5.74, 6) is 0. The monoisotopic (exact) mass is 875 g/mol. The zero-order chi connectivity index (χ0) is 45.2. The van der Waals surface area contributed by atoms with Crippen LogP contribution in [0.4, 0.5) is 17.1 Å². The zero-order valence-electron chi connectivity index (χ0n) is 37.5. The topological polar surface area (TPSA) is 13.1 Å². The molecule has 0 bridgehead atoms. The van der Waals surface area contributed by atoms with Crippen LogP contribution in [0.2, 0.25) is 0 Å². The third-order valence-electron chi connectivity index (χ3n) is 14.8. The lowest BCUT2D eigenvalue weighted by molar-refractivity contribution is 1.17. The minimum atomic E-state index is 1.10. The van der Waals surface area contributed by atoms with Gasteiger partial charge in [0.15, 0.2) is 0 Å². The Morgan fingerprint density at radius 3 is 1.10 bits per heavy atom. The minimum Gasteiger partial charge on any atom is -0.310 e. The smallest absolute Gasteiger partial charge is 0.0562 e. The number of aromatic nitrogens is 2. The van der Waals surface area contributed by atoms with Gasteiger partial charge in [-0.25, -0.2) is 0 Å². The lowest BCUT2D eigenvalue weighted by Crippen LogP contribution is -2.10. The van der Waals surface area contributed by atoms with E-state index in [4.69, 9.17) is 0 Å². The standard InChI is InChI=1S/C66H41N3/c1-2-18-42(19-3-1)68-59-30-14-12-28-55(59)66-62(68)33-17-35-64(66)69-60-31-15-13-29-56(60)65-61(32-16-34-63(65)69)67(43-36-38-53-49-24-6-4-20-45(49)47-22-8-10-26-51(47)57(53)40-43)44-37-39-54-50-25-7-5-21-46(50)48-23-9-11-27-52(48)58(54)41-44/h1-41H. The highest BCUT2D eigenvalue weighted by atomic mass is 15.1. The maximum Gasteiger partial charge on any atom is 0.0562 e. The second-order valence-electron chi connectivity index (χ2n) is 18.4. The van der Waals surface area contributed by atoms with Crippen LogP contribution in [-0.2, 0) is 0 Å². The van der Waals surface area contributed by atoms with Crippen LogP contribution in [-0.4, -0.2) is 9.13 Å². The summed E-state index contributed by atoms with van der Waals surface area (Å²) in [5.41, 5.74) is 10.3. The van der Waals surface area contributed by atoms with Gasteiger partial charge in [0.05, 0.1) is 33.4 Å². The van der Waals surface area contributed by atoms with Gasteiger partial charge in [-0.2, -0.15) is 0 Å². The van der Waals surface area contributed by atoms with Gasteiger partial charge in [0.1, 0.15) is 0 Å². The Bertz CT molecular complexity index is 4380. The number of benzene rings is 13. The first kappa shape index (κ1) is 38.0. The minimum absolute atomic E-state index is 1.10. The summed E-state index contributed by atoms with van der Waals surface area (Å²) in [5, 5.41) is 19.9. The van der Waals surface area contributed by atoms with E-state index in [-0.39, 0.29) is 0 Å². The van der Waals surface area contributed by atoms with E-state index in [1.54, 1.807) is 0 Å². The van der Waals surface area contributed by atoms with Crippen molar-refractivity contribution in [3.05, 3.63) is 249 Å². The molecule has 0 amide bonds. The predicted molar refractivity (Wildman–Crippen MR) is 295 cm³/mol. The van der Waals surface area contributed by atoms with E-state index in [0.29, 0.717) is 0 Å². The van der Waals surface area contributed by atoms with Gasteiger partial charge in [-0.1, -0.05) is 176 Å². The first-order chi connectivity index (χ1) is 34.3. The number of rotatable bonds is 5. The molecule has 15 aromatic rings. The van der Waals surface area contributed by atoms with Crippen molar-refractivity contribution >= 4 is 125 Å².